The summed E-state index contributed by atoms with van der Waals surface area (Å²) < 4.78 is 5.79. The number of carbonyl (C=O) groups excluding carboxylic acids is 1. The highest BCUT2D eigenvalue weighted by molar-refractivity contribution is 6.01. The maximum atomic E-state index is 13.5. The van der Waals surface area contributed by atoms with E-state index in [1.165, 1.54) is 0 Å². The van der Waals surface area contributed by atoms with Crippen LogP contribution < -0.4 is 4.74 Å². The van der Waals surface area contributed by atoms with Crippen molar-refractivity contribution < 1.29 is 9.53 Å². The van der Waals surface area contributed by atoms with Gasteiger partial charge in [0.05, 0.1) is 6.61 Å². The van der Waals surface area contributed by atoms with Gasteiger partial charge in [-0.15, -0.1) is 0 Å². The van der Waals surface area contributed by atoms with Crippen LogP contribution in [-0.4, -0.2) is 35.0 Å². The maximum absolute atomic E-state index is 13.5. The first-order valence-electron chi connectivity index (χ1n) is 10.3. The Morgan fingerprint density at radius 1 is 0.966 bits per heavy atom. The van der Waals surface area contributed by atoms with Gasteiger partial charge in [-0.25, -0.2) is 4.98 Å². The molecule has 1 fully saturated rings. The van der Waals surface area contributed by atoms with Crippen molar-refractivity contribution in [1.82, 2.24) is 9.88 Å². The SMILES string of the molecule is O=C(c1ccccc1-c1ccccc1)N1CCCCC1CCOc1ccccn1. The predicted octanol–water partition coefficient (Wildman–Crippen LogP) is 5.21. The second-order valence-corrected chi connectivity index (χ2v) is 7.36. The number of aromatic nitrogens is 1. The summed E-state index contributed by atoms with van der Waals surface area (Å²) in [6.07, 6.45) is 5.77. The normalized spacial score (nSPS) is 16.4. The zero-order valence-corrected chi connectivity index (χ0v) is 16.5. The fourth-order valence-corrected chi connectivity index (χ4v) is 3.99. The molecule has 0 bridgehead atoms. The van der Waals surface area contributed by atoms with Crippen molar-refractivity contribution in [3.63, 3.8) is 0 Å². The molecular formula is C25H26N2O2. The molecular weight excluding hydrogens is 360 g/mol. The average molecular weight is 386 g/mol. The van der Waals surface area contributed by atoms with Gasteiger partial charge in [-0.1, -0.05) is 54.6 Å². The number of hydrogen-bond acceptors (Lipinski definition) is 3. The summed E-state index contributed by atoms with van der Waals surface area (Å²) in [5, 5.41) is 0. The van der Waals surface area contributed by atoms with Gasteiger partial charge in [0.2, 0.25) is 5.88 Å². The van der Waals surface area contributed by atoms with Crippen molar-refractivity contribution in [2.45, 2.75) is 31.7 Å². The van der Waals surface area contributed by atoms with Crippen molar-refractivity contribution in [1.29, 1.82) is 0 Å². The highest BCUT2D eigenvalue weighted by Gasteiger charge is 2.28. The number of likely N-dealkylation sites (tertiary alicyclic amines) is 1. The Labute approximate surface area is 172 Å². The van der Waals surface area contributed by atoms with E-state index in [9.17, 15) is 4.79 Å². The van der Waals surface area contributed by atoms with Crippen LogP contribution in [-0.2, 0) is 0 Å². The van der Waals surface area contributed by atoms with Crippen LogP contribution in [0.25, 0.3) is 11.1 Å². The molecule has 0 radical (unpaired) electrons. The first kappa shape index (κ1) is 19.2. The molecule has 1 aliphatic rings. The van der Waals surface area contributed by atoms with Gasteiger partial charge in [0.15, 0.2) is 0 Å². The van der Waals surface area contributed by atoms with Crippen molar-refractivity contribution in [3.05, 3.63) is 84.6 Å². The fourth-order valence-electron chi connectivity index (χ4n) is 3.99. The largest absolute Gasteiger partial charge is 0.478 e. The second-order valence-electron chi connectivity index (χ2n) is 7.36. The molecule has 2 aromatic carbocycles. The Balaban J connectivity index is 1.49. The third kappa shape index (κ3) is 4.65. The Kier molecular flexibility index (Phi) is 6.20. The number of rotatable bonds is 6. The molecule has 148 valence electrons. The minimum atomic E-state index is 0.118. The van der Waals surface area contributed by atoms with Gasteiger partial charge < -0.3 is 9.64 Å². The minimum absolute atomic E-state index is 0.118. The molecule has 0 saturated carbocycles. The van der Waals surface area contributed by atoms with Crippen LogP contribution in [0.4, 0.5) is 0 Å². The molecule has 4 nitrogen and oxygen atoms in total. The number of hydrogen-bond donors (Lipinski definition) is 0. The van der Waals surface area contributed by atoms with Gasteiger partial charge in [0.1, 0.15) is 0 Å². The van der Waals surface area contributed by atoms with E-state index in [4.69, 9.17) is 4.74 Å². The van der Waals surface area contributed by atoms with Crippen LogP contribution in [0, 0.1) is 0 Å². The van der Waals surface area contributed by atoms with Crippen molar-refractivity contribution in [2.75, 3.05) is 13.2 Å². The van der Waals surface area contributed by atoms with Gasteiger partial charge in [-0.05, 0) is 42.5 Å². The lowest BCUT2D eigenvalue weighted by Gasteiger charge is -2.36. The molecule has 1 aliphatic heterocycles. The van der Waals surface area contributed by atoms with Crippen molar-refractivity contribution in [2.24, 2.45) is 0 Å². The van der Waals surface area contributed by atoms with Crippen LogP contribution in [0.3, 0.4) is 0 Å². The average Bonchev–Trinajstić information content (AvgIpc) is 2.80. The highest BCUT2D eigenvalue weighted by atomic mass is 16.5. The molecule has 2 heterocycles. The van der Waals surface area contributed by atoms with E-state index in [1.807, 2.05) is 65.6 Å². The fraction of sp³-hybridized carbons (Fsp3) is 0.280. The summed E-state index contributed by atoms with van der Waals surface area (Å²) in [5.41, 5.74) is 2.84. The van der Waals surface area contributed by atoms with Crippen molar-refractivity contribution >= 4 is 5.91 Å². The van der Waals surface area contributed by atoms with E-state index >= 15 is 0 Å². The number of carbonyl (C=O) groups is 1. The van der Waals surface area contributed by atoms with Crippen LogP contribution in [0.5, 0.6) is 5.88 Å². The molecule has 1 saturated heterocycles. The summed E-state index contributed by atoms with van der Waals surface area (Å²) in [7, 11) is 0. The number of amides is 1. The summed E-state index contributed by atoms with van der Waals surface area (Å²) in [4.78, 5) is 19.8. The molecule has 0 aliphatic carbocycles. The van der Waals surface area contributed by atoms with E-state index in [0.29, 0.717) is 12.5 Å². The van der Waals surface area contributed by atoms with Crippen LogP contribution in [0.15, 0.2) is 79.0 Å². The van der Waals surface area contributed by atoms with Crippen molar-refractivity contribution in [3.8, 4) is 17.0 Å². The van der Waals surface area contributed by atoms with E-state index in [1.54, 1.807) is 6.20 Å². The lowest BCUT2D eigenvalue weighted by Crippen LogP contribution is -2.44. The van der Waals surface area contributed by atoms with Gasteiger partial charge in [0, 0.05) is 36.8 Å². The Morgan fingerprint density at radius 3 is 2.59 bits per heavy atom. The van der Waals surface area contributed by atoms with Crippen LogP contribution in [0.1, 0.15) is 36.0 Å². The first-order chi connectivity index (χ1) is 14.3. The van der Waals surface area contributed by atoms with E-state index in [-0.39, 0.29) is 11.9 Å². The first-order valence-corrected chi connectivity index (χ1v) is 10.3. The summed E-state index contributed by atoms with van der Waals surface area (Å²) >= 11 is 0. The molecule has 4 rings (SSSR count). The van der Waals surface area contributed by atoms with Crippen LogP contribution >= 0.6 is 0 Å². The smallest absolute Gasteiger partial charge is 0.254 e. The zero-order chi connectivity index (χ0) is 19.9. The predicted molar refractivity (Wildman–Crippen MR) is 115 cm³/mol. The molecule has 3 aromatic rings. The van der Waals surface area contributed by atoms with Gasteiger partial charge in [-0.2, -0.15) is 0 Å². The molecule has 0 N–H and O–H groups in total. The quantitative estimate of drug-likeness (QED) is 0.584. The van der Waals surface area contributed by atoms with E-state index in [0.717, 1.165) is 48.9 Å². The molecule has 1 amide bonds. The lowest BCUT2D eigenvalue weighted by atomic mass is 9.95. The van der Waals surface area contributed by atoms with Gasteiger partial charge in [0.25, 0.3) is 5.91 Å². The Bertz CT molecular complexity index is 928. The summed E-state index contributed by atoms with van der Waals surface area (Å²) in [5.74, 6) is 0.752. The summed E-state index contributed by atoms with van der Waals surface area (Å²) in [6, 6.07) is 23.9. The molecule has 1 aromatic heterocycles. The monoisotopic (exact) mass is 386 g/mol. The maximum Gasteiger partial charge on any atom is 0.254 e. The zero-order valence-electron chi connectivity index (χ0n) is 16.5. The molecule has 1 unspecified atom stereocenters. The lowest BCUT2D eigenvalue weighted by molar-refractivity contribution is 0.0580. The number of benzene rings is 2. The van der Waals surface area contributed by atoms with Gasteiger partial charge in [-0.3, -0.25) is 4.79 Å². The topological polar surface area (TPSA) is 42.4 Å². The van der Waals surface area contributed by atoms with Gasteiger partial charge >= 0.3 is 0 Å². The standard InChI is InChI=1S/C25H26N2O2/c28-25(23-14-5-4-13-22(23)20-10-2-1-3-11-20)27-18-9-7-12-21(27)16-19-29-24-15-6-8-17-26-24/h1-6,8,10-11,13-15,17,21H,7,9,12,16,18-19H2. The summed E-state index contributed by atoms with van der Waals surface area (Å²) in [6.45, 7) is 1.36. The number of nitrogens with zero attached hydrogens (tertiary/aromatic N) is 2. The Morgan fingerprint density at radius 2 is 1.76 bits per heavy atom. The second kappa shape index (κ2) is 9.37. The third-order valence-corrected chi connectivity index (χ3v) is 5.47. The number of pyridine rings is 1. The number of piperidine rings is 1. The number of ether oxygens (including phenoxy) is 1. The molecule has 29 heavy (non-hydrogen) atoms. The third-order valence-electron chi connectivity index (χ3n) is 5.47. The van der Waals surface area contributed by atoms with E-state index in [2.05, 4.69) is 17.1 Å². The van der Waals surface area contributed by atoms with E-state index < -0.39 is 0 Å². The Hall–Kier alpha value is -3.14. The molecule has 4 heteroatoms. The minimum Gasteiger partial charge on any atom is -0.478 e. The molecule has 0 spiro atoms. The molecule has 1 atom stereocenters. The van der Waals surface area contributed by atoms with Crippen LogP contribution in [0.2, 0.25) is 0 Å². The highest BCUT2D eigenvalue weighted by Crippen LogP contribution is 2.28.